The number of nitrogens with zero attached hydrogens (tertiary/aromatic N) is 2. The summed E-state index contributed by atoms with van der Waals surface area (Å²) in [5.41, 5.74) is -3.37. The van der Waals surface area contributed by atoms with Crippen molar-refractivity contribution in [3.8, 4) is 5.69 Å². The molecule has 7 nitrogen and oxygen atoms in total. The maximum Gasteiger partial charge on any atom is 0.434 e. The van der Waals surface area contributed by atoms with Crippen molar-refractivity contribution < 1.29 is 32.6 Å². The number of carbonyl (C=O) groups is 2. The smallest absolute Gasteiger partial charge is 0.434 e. The monoisotopic (exact) mass is 371 g/mol. The summed E-state index contributed by atoms with van der Waals surface area (Å²) in [5.74, 6) is -2.24. The second kappa shape index (κ2) is 6.79. The number of ether oxygens (including phenoxy) is 1. The number of aromatic carboxylic acids is 1. The summed E-state index contributed by atoms with van der Waals surface area (Å²) in [6, 6.07) is 5.44. The average molecular weight is 371 g/mol. The van der Waals surface area contributed by atoms with Gasteiger partial charge >= 0.3 is 12.1 Å². The second-order valence-corrected chi connectivity index (χ2v) is 5.84. The SMILES string of the molecule is COC(C)(C)C(=O)Nc1cccc(-n2ncc(C(=O)O)c2C(F)(F)F)c1. The van der Waals surface area contributed by atoms with Crippen LogP contribution < -0.4 is 5.32 Å². The summed E-state index contributed by atoms with van der Waals surface area (Å²) in [5, 5.41) is 15.0. The molecule has 1 aromatic carbocycles. The topological polar surface area (TPSA) is 93.5 Å². The minimum atomic E-state index is -4.93. The molecule has 0 saturated carbocycles. The van der Waals surface area contributed by atoms with Gasteiger partial charge in [-0.05, 0) is 32.0 Å². The van der Waals surface area contributed by atoms with Gasteiger partial charge in [-0.25, -0.2) is 9.48 Å². The lowest BCUT2D eigenvalue weighted by Crippen LogP contribution is -2.38. The molecule has 0 saturated heterocycles. The van der Waals surface area contributed by atoms with Crippen LogP contribution in [0.1, 0.15) is 29.9 Å². The van der Waals surface area contributed by atoms with Gasteiger partial charge in [-0.15, -0.1) is 0 Å². The van der Waals surface area contributed by atoms with Crippen LogP contribution in [0.3, 0.4) is 0 Å². The average Bonchev–Trinajstić information content (AvgIpc) is 3.00. The molecular weight excluding hydrogens is 355 g/mol. The van der Waals surface area contributed by atoms with Gasteiger partial charge in [0.05, 0.1) is 11.9 Å². The zero-order valence-corrected chi connectivity index (χ0v) is 14.1. The van der Waals surface area contributed by atoms with Gasteiger partial charge in [0.25, 0.3) is 5.91 Å². The zero-order chi connectivity index (χ0) is 19.7. The molecule has 140 valence electrons. The highest BCUT2D eigenvalue weighted by Crippen LogP contribution is 2.34. The van der Waals surface area contributed by atoms with Crippen LogP contribution in [0.5, 0.6) is 0 Å². The normalized spacial score (nSPS) is 12.1. The Balaban J connectivity index is 2.46. The Morgan fingerprint density at radius 1 is 1.27 bits per heavy atom. The number of nitrogens with one attached hydrogen (secondary N) is 1. The molecule has 0 aliphatic rings. The molecule has 0 unspecified atom stereocenters. The van der Waals surface area contributed by atoms with E-state index >= 15 is 0 Å². The predicted octanol–water partition coefficient (Wildman–Crippen LogP) is 2.95. The Morgan fingerprint density at radius 3 is 2.46 bits per heavy atom. The van der Waals surface area contributed by atoms with E-state index in [0.29, 0.717) is 10.9 Å². The van der Waals surface area contributed by atoms with Crippen molar-refractivity contribution in [3.63, 3.8) is 0 Å². The molecule has 1 amide bonds. The van der Waals surface area contributed by atoms with Gasteiger partial charge in [-0.3, -0.25) is 4.79 Å². The fraction of sp³-hybridized carbons (Fsp3) is 0.312. The van der Waals surface area contributed by atoms with Crippen molar-refractivity contribution in [1.82, 2.24) is 9.78 Å². The molecule has 0 fully saturated rings. The molecular formula is C16H16F3N3O4. The van der Waals surface area contributed by atoms with E-state index in [1.165, 1.54) is 45.2 Å². The van der Waals surface area contributed by atoms with Crippen LogP contribution in [0.15, 0.2) is 30.5 Å². The first-order chi connectivity index (χ1) is 12.0. The summed E-state index contributed by atoms with van der Waals surface area (Å²) in [4.78, 5) is 23.2. The van der Waals surface area contributed by atoms with Crippen LogP contribution in [0.2, 0.25) is 0 Å². The van der Waals surface area contributed by atoms with Gasteiger partial charge in [0, 0.05) is 12.8 Å². The van der Waals surface area contributed by atoms with Gasteiger partial charge in [0.1, 0.15) is 11.2 Å². The van der Waals surface area contributed by atoms with Gasteiger partial charge in [0.2, 0.25) is 0 Å². The molecule has 0 radical (unpaired) electrons. The standard InChI is InChI=1S/C16H16F3N3O4/c1-15(2,26-3)14(25)21-9-5-4-6-10(7-9)22-12(16(17,18)19)11(8-20-22)13(23)24/h4-8H,1-3H3,(H,21,25)(H,23,24). The van der Waals surface area contributed by atoms with Crippen LogP contribution in [-0.4, -0.2) is 39.5 Å². The molecule has 2 aromatic rings. The van der Waals surface area contributed by atoms with E-state index in [0.717, 1.165) is 0 Å². The summed E-state index contributed by atoms with van der Waals surface area (Å²) in [7, 11) is 1.35. The van der Waals surface area contributed by atoms with Crippen molar-refractivity contribution in [1.29, 1.82) is 0 Å². The second-order valence-electron chi connectivity index (χ2n) is 5.84. The van der Waals surface area contributed by atoms with Crippen LogP contribution in [-0.2, 0) is 15.7 Å². The van der Waals surface area contributed by atoms with Crippen molar-refractivity contribution >= 4 is 17.6 Å². The summed E-state index contributed by atoms with van der Waals surface area (Å²) in [6.07, 6.45) is -4.30. The van der Waals surface area contributed by atoms with Crippen molar-refractivity contribution in [2.45, 2.75) is 25.6 Å². The lowest BCUT2D eigenvalue weighted by Gasteiger charge is -2.22. The number of hydrogen-bond acceptors (Lipinski definition) is 4. The number of carbonyl (C=O) groups excluding carboxylic acids is 1. The van der Waals surface area contributed by atoms with Crippen LogP contribution in [0, 0.1) is 0 Å². The minimum absolute atomic E-state index is 0.0575. The van der Waals surface area contributed by atoms with E-state index in [1.54, 1.807) is 0 Å². The number of rotatable bonds is 5. The van der Waals surface area contributed by atoms with E-state index < -0.39 is 34.9 Å². The molecule has 2 N–H and O–H groups in total. The molecule has 0 aliphatic heterocycles. The zero-order valence-electron chi connectivity index (χ0n) is 14.1. The van der Waals surface area contributed by atoms with E-state index in [9.17, 15) is 22.8 Å². The Labute approximate surface area is 146 Å². The third kappa shape index (κ3) is 3.85. The minimum Gasteiger partial charge on any atom is -0.478 e. The molecule has 1 heterocycles. The van der Waals surface area contributed by atoms with Gasteiger partial charge in [-0.1, -0.05) is 6.07 Å². The predicted molar refractivity (Wildman–Crippen MR) is 85.2 cm³/mol. The number of hydrogen-bond donors (Lipinski definition) is 2. The quantitative estimate of drug-likeness (QED) is 0.843. The number of amides is 1. The first-order valence-electron chi connectivity index (χ1n) is 7.33. The molecule has 2 rings (SSSR count). The molecule has 10 heteroatoms. The summed E-state index contributed by atoms with van der Waals surface area (Å²) < 4.78 is 45.4. The van der Waals surface area contributed by atoms with Gasteiger partial charge in [-0.2, -0.15) is 18.3 Å². The number of carboxylic acid groups (broad SMARTS) is 1. The Hall–Kier alpha value is -2.88. The summed E-state index contributed by atoms with van der Waals surface area (Å²) >= 11 is 0. The fourth-order valence-electron chi connectivity index (χ4n) is 2.06. The van der Waals surface area contributed by atoms with Crippen molar-refractivity contribution in [2.24, 2.45) is 0 Å². The molecule has 0 atom stereocenters. The van der Waals surface area contributed by atoms with Crippen molar-refractivity contribution in [3.05, 3.63) is 41.7 Å². The first kappa shape index (κ1) is 19.4. The van der Waals surface area contributed by atoms with Crippen LogP contribution >= 0.6 is 0 Å². The van der Waals surface area contributed by atoms with E-state index in [1.807, 2.05) is 0 Å². The summed E-state index contributed by atoms with van der Waals surface area (Å²) in [6.45, 7) is 3.06. The Kier molecular flexibility index (Phi) is 5.08. The van der Waals surface area contributed by atoms with E-state index in [2.05, 4.69) is 10.4 Å². The number of aromatic nitrogens is 2. The fourth-order valence-corrected chi connectivity index (χ4v) is 2.06. The third-order valence-electron chi connectivity index (χ3n) is 3.67. The van der Waals surface area contributed by atoms with Gasteiger partial charge < -0.3 is 15.2 Å². The Bertz CT molecular complexity index is 844. The van der Waals surface area contributed by atoms with E-state index in [4.69, 9.17) is 9.84 Å². The largest absolute Gasteiger partial charge is 0.478 e. The van der Waals surface area contributed by atoms with Crippen LogP contribution in [0.4, 0.5) is 18.9 Å². The molecule has 26 heavy (non-hydrogen) atoms. The lowest BCUT2D eigenvalue weighted by atomic mass is 10.1. The van der Waals surface area contributed by atoms with Crippen molar-refractivity contribution in [2.75, 3.05) is 12.4 Å². The number of halogens is 3. The molecule has 0 aliphatic carbocycles. The number of alkyl halides is 3. The first-order valence-corrected chi connectivity index (χ1v) is 7.33. The Morgan fingerprint density at radius 2 is 1.92 bits per heavy atom. The number of methoxy groups -OCH3 is 1. The lowest BCUT2D eigenvalue weighted by molar-refractivity contribution is -0.143. The molecule has 0 bridgehead atoms. The third-order valence-corrected chi connectivity index (χ3v) is 3.67. The molecule has 1 aromatic heterocycles. The maximum absolute atomic E-state index is 13.3. The highest BCUT2D eigenvalue weighted by Gasteiger charge is 2.40. The van der Waals surface area contributed by atoms with E-state index in [-0.39, 0.29) is 11.4 Å². The van der Waals surface area contributed by atoms with Crippen LogP contribution in [0.25, 0.3) is 5.69 Å². The highest BCUT2D eigenvalue weighted by atomic mass is 19.4. The number of carboxylic acids is 1. The number of benzene rings is 1. The number of anilines is 1. The van der Waals surface area contributed by atoms with Gasteiger partial charge in [0.15, 0.2) is 5.69 Å². The highest BCUT2D eigenvalue weighted by molar-refractivity contribution is 5.97. The molecule has 0 spiro atoms. The maximum atomic E-state index is 13.3.